The average molecular weight is 318 g/mol. The summed E-state index contributed by atoms with van der Waals surface area (Å²) in [5.41, 5.74) is -1.71. The summed E-state index contributed by atoms with van der Waals surface area (Å²) in [6, 6.07) is 1.56. The van der Waals surface area contributed by atoms with Gasteiger partial charge in [0, 0.05) is 10.5 Å². The number of ether oxygens (including phenoxy) is 1. The lowest BCUT2D eigenvalue weighted by Crippen LogP contribution is -2.25. The highest BCUT2D eigenvalue weighted by Crippen LogP contribution is 2.36. The average Bonchev–Trinajstić information content (AvgIpc) is 2.43. The minimum atomic E-state index is -1.74. The Hall–Kier alpha value is -2.05. The van der Waals surface area contributed by atoms with Gasteiger partial charge < -0.3 is 25.1 Å². The second-order valence-corrected chi connectivity index (χ2v) is 4.54. The van der Waals surface area contributed by atoms with Crippen LogP contribution in [0, 0.1) is 5.21 Å². The minimum absolute atomic E-state index is 0.254. The maximum Gasteiger partial charge on any atom is 0.315 e. The molecule has 0 spiro atoms. The van der Waals surface area contributed by atoms with Gasteiger partial charge in [0.05, 0.1) is 24.5 Å². The topological polar surface area (TPSA) is 157 Å². The molecule has 21 heavy (non-hydrogen) atoms. The Balaban J connectivity index is 3.35. The summed E-state index contributed by atoms with van der Waals surface area (Å²) < 4.78 is 4.37. The van der Waals surface area contributed by atoms with E-state index in [1.165, 1.54) is 0 Å². The van der Waals surface area contributed by atoms with Gasteiger partial charge in [-0.15, -0.1) is 17.0 Å². The van der Waals surface area contributed by atoms with Crippen molar-refractivity contribution in [2.45, 2.75) is 4.90 Å². The zero-order valence-electron chi connectivity index (χ0n) is 10.5. The van der Waals surface area contributed by atoms with E-state index < -0.39 is 39.3 Å². The first-order valence-corrected chi connectivity index (χ1v) is 6.19. The normalized spacial score (nSPS) is 10.1. The molecular formula is C10H10N2O8S-2. The summed E-state index contributed by atoms with van der Waals surface area (Å²) in [4.78, 5) is 21.9. The smallest absolute Gasteiger partial charge is 0.315 e. The molecule has 0 saturated heterocycles. The van der Waals surface area contributed by atoms with E-state index in [4.69, 9.17) is 15.6 Å². The summed E-state index contributed by atoms with van der Waals surface area (Å²) in [7, 11) is 1.12. The van der Waals surface area contributed by atoms with Crippen molar-refractivity contribution in [1.29, 1.82) is 0 Å². The molecule has 10 nitrogen and oxygen atoms in total. The van der Waals surface area contributed by atoms with Crippen LogP contribution in [0.15, 0.2) is 17.0 Å². The van der Waals surface area contributed by atoms with Crippen molar-refractivity contribution >= 4 is 35.1 Å². The molecule has 3 N–H and O–H groups in total. The van der Waals surface area contributed by atoms with Crippen LogP contribution >= 0.6 is 11.8 Å². The van der Waals surface area contributed by atoms with Crippen LogP contribution in [-0.2, 0) is 9.53 Å². The monoisotopic (exact) mass is 318 g/mol. The first-order valence-electron chi connectivity index (χ1n) is 5.21. The fourth-order valence-corrected chi connectivity index (χ4v) is 2.32. The third-order valence-electron chi connectivity index (χ3n) is 2.27. The molecule has 0 bridgehead atoms. The van der Waals surface area contributed by atoms with Gasteiger partial charge in [-0.2, -0.15) is 0 Å². The number of methoxy groups -OCH3 is 1. The van der Waals surface area contributed by atoms with Crippen LogP contribution in [0.1, 0.15) is 10.4 Å². The van der Waals surface area contributed by atoms with Crippen LogP contribution in [0.2, 0.25) is 0 Å². The van der Waals surface area contributed by atoms with Crippen LogP contribution in [0.4, 0.5) is 11.4 Å². The lowest BCUT2D eigenvalue weighted by molar-refractivity contribution is -0.255. The number of carbonyl (C=O) groups excluding carboxylic acids is 2. The molecule has 11 heteroatoms. The predicted molar refractivity (Wildman–Crippen MR) is 67.2 cm³/mol. The molecule has 0 saturated carbocycles. The Morgan fingerprint density at radius 1 is 1.33 bits per heavy atom. The van der Waals surface area contributed by atoms with Crippen molar-refractivity contribution in [3.05, 3.63) is 22.9 Å². The van der Waals surface area contributed by atoms with E-state index in [9.17, 15) is 19.9 Å². The Kier molecular flexibility index (Phi) is 5.75. The Morgan fingerprint density at radius 2 is 1.95 bits per heavy atom. The van der Waals surface area contributed by atoms with Gasteiger partial charge >= 0.3 is 5.97 Å². The number of hydrogen-bond acceptors (Lipinski definition) is 11. The summed E-state index contributed by atoms with van der Waals surface area (Å²) in [5.74, 6) is -2.75. The van der Waals surface area contributed by atoms with Crippen molar-refractivity contribution in [3.8, 4) is 0 Å². The SMILES string of the molecule is COC(=O)CSc1c(C(=O)[O-])cc(N([O-])O)cc1N(O)O. The molecule has 0 aliphatic heterocycles. The number of carboxylic acids is 1. The highest BCUT2D eigenvalue weighted by Gasteiger charge is 2.18. The van der Waals surface area contributed by atoms with Gasteiger partial charge in [-0.3, -0.25) is 20.4 Å². The van der Waals surface area contributed by atoms with Crippen LogP contribution in [-0.4, -0.2) is 40.4 Å². The number of carboxylic acid groups (broad SMARTS) is 1. The zero-order valence-corrected chi connectivity index (χ0v) is 11.4. The van der Waals surface area contributed by atoms with E-state index in [0.29, 0.717) is 11.8 Å². The van der Waals surface area contributed by atoms with E-state index in [-0.39, 0.29) is 10.6 Å². The molecule has 0 aliphatic rings. The molecule has 0 fully saturated rings. The van der Waals surface area contributed by atoms with Crippen molar-refractivity contribution in [3.63, 3.8) is 0 Å². The van der Waals surface area contributed by atoms with Gasteiger partial charge in [-0.05, 0) is 12.1 Å². The number of thioether (sulfide) groups is 1. The Labute approximate surface area is 122 Å². The van der Waals surface area contributed by atoms with E-state index in [1.54, 1.807) is 0 Å². The van der Waals surface area contributed by atoms with Crippen LogP contribution in [0.5, 0.6) is 0 Å². The number of hydrogen-bond donors (Lipinski definition) is 3. The standard InChI is InChI=1S/C10H11N2O8S/c1-20-8(13)4-21-9-6(10(14)15)2-5(11(16)17)3-7(9)12(18)19/h2-3,16,18-19H,4H2,1H3,(H,14,15)/q-1/p-1. The molecular weight excluding hydrogens is 308 g/mol. The molecule has 0 radical (unpaired) electrons. The molecule has 0 heterocycles. The van der Waals surface area contributed by atoms with Gasteiger partial charge in [-0.25, -0.2) is 0 Å². The molecule has 1 aromatic rings. The van der Waals surface area contributed by atoms with Gasteiger partial charge in [0.1, 0.15) is 5.69 Å². The number of esters is 1. The lowest BCUT2D eigenvalue weighted by Gasteiger charge is -2.26. The van der Waals surface area contributed by atoms with Crippen LogP contribution < -0.4 is 15.6 Å². The zero-order chi connectivity index (χ0) is 16.2. The molecule has 0 aliphatic carbocycles. The van der Waals surface area contributed by atoms with Gasteiger partial charge in [0.25, 0.3) is 0 Å². The largest absolute Gasteiger partial charge is 0.733 e. The minimum Gasteiger partial charge on any atom is -0.733 e. The third kappa shape index (κ3) is 4.21. The molecule has 116 valence electrons. The quantitative estimate of drug-likeness (QED) is 0.356. The third-order valence-corrected chi connectivity index (χ3v) is 3.37. The number of nitrogens with zero attached hydrogens (tertiary/aromatic N) is 2. The van der Waals surface area contributed by atoms with Crippen molar-refractivity contribution < 1.29 is 35.1 Å². The fraction of sp³-hybridized carbons (Fsp3) is 0.200. The summed E-state index contributed by atoms with van der Waals surface area (Å²) >= 11 is 0.624. The van der Waals surface area contributed by atoms with E-state index >= 15 is 0 Å². The maximum absolute atomic E-state index is 11.1. The van der Waals surface area contributed by atoms with E-state index in [1.807, 2.05) is 0 Å². The number of carbonyl (C=O) groups is 2. The molecule has 0 atom stereocenters. The molecule has 0 amide bonds. The number of anilines is 2. The van der Waals surface area contributed by atoms with Gasteiger partial charge in [0.15, 0.2) is 0 Å². The molecule has 0 unspecified atom stereocenters. The Bertz CT molecular complexity index is 548. The summed E-state index contributed by atoms with van der Waals surface area (Å²) in [6.07, 6.45) is 0. The van der Waals surface area contributed by atoms with Crippen molar-refractivity contribution in [2.24, 2.45) is 0 Å². The number of rotatable bonds is 6. The summed E-state index contributed by atoms with van der Waals surface area (Å²) in [6.45, 7) is 0. The lowest BCUT2D eigenvalue weighted by atomic mass is 10.1. The van der Waals surface area contributed by atoms with Crippen LogP contribution in [0.25, 0.3) is 0 Å². The van der Waals surface area contributed by atoms with Gasteiger partial charge in [-0.1, -0.05) is 0 Å². The summed E-state index contributed by atoms with van der Waals surface area (Å²) in [5, 5.41) is 47.7. The second kappa shape index (κ2) is 7.10. The first kappa shape index (κ1) is 17.0. The Morgan fingerprint density at radius 3 is 2.38 bits per heavy atom. The molecule has 1 rings (SSSR count). The van der Waals surface area contributed by atoms with Crippen LogP contribution in [0.3, 0.4) is 0 Å². The predicted octanol–water partition coefficient (Wildman–Crippen LogP) is -0.407. The van der Waals surface area contributed by atoms with Crippen molar-refractivity contribution in [2.75, 3.05) is 23.3 Å². The second-order valence-electron chi connectivity index (χ2n) is 3.56. The maximum atomic E-state index is 11.1. The van der Waals surface area contributed by atoms with Gasteiger partial charge in [0.2, 0.25) is 0 Å². The molecule has 1 aromatic carbocycles. The van der Waals surface area contributed by atoms with E-state index in [0.717, 1.165) is 19.2 Å². The number of benzene rings is 1. The van der Waals surface area contributed by atoms with Crippen molar-refractivity contribution in [1.82, 2.24) is 0 Å². The first-order chi connectivity index (χ1) is 9.77. The highest BCUT2D eigenvalue weighted by atomic mass is 32.2. The molecule has 0 aromatic heterocycles. The van der Waals surface area contributed by atoms with E-state index in [2.05, 4.69) is 4.74 Å². The number of aromatic carboxylic acids is 1. The highest BCUT2D eigenvalue weighted by molar-refractivity contribution is 8.00. The fourth-order valence-electron chi connectivity index (χ4n) is 1.35.